The van der Waals surface area contributed by atoms with Crippen molar-refractivity contribution < 1.29 is 19.4 Å². The molecule has 0 amide bonds. The summed E-state index contributed by atoms with van der Waals surface area (Å²) in [6.45, 7) is 11.8. The normalized spacial score (nSPS) is 34.5. The van der Waals surface area contributed by atoms with E-state index in [0.29, 0.717) is 24.9 Å². The molecule has 0 radical (unpaired) electrons. The van der Waals surface area contributed by atoms with Crippen LogP contribution in [0, 0.1) is 40.9 Å². The summed E-state index contributed by atoms with van der Waals surface area (Å²) >= 11 is 0. The third-order valence-corrected chi connectivity index (χ3v) is 8.22. The van der Waals surface area contributed by atoms with Gasteiger partial charge in [0.25, 0.3) is 0 Å². The lowest BCUT2D eigenvalue weighted by Gasteiger charge is -2.50. The van der Waals surface area contributed by atoms with Crippen LogP contribution in [-0.2, 0) is 14.3 Å². The molecule has 0 heterocycles. The van der Waals surface area contributed by atoms with Gasteiger partial charge in [-0.1, -0.05) is 66.7 Å². The monoisotopic (exact) mass is 408 g/mol. The molecule has 0 aromatic heterocycles. The summed E-state index contributed by atoms with van der Waals surface area (Å²) in [5, 5.41) is 9.62. The molecule has 2 saturated carbocycles. The standard InChI is InChI=1S/C25H44O4/c1-6-8-13-21-18(14-15-19(10-7-2)25(21,4)5)16-29-24(28)20-12-9-11-17(3)22(20)23(26)27/h17-22H,6-16H2,1-5H3,(H,26,27). The summed E-state index contributed by atoms with van der Waals surface area (Å²) < 4.78 is 5.85. The molecular weight excluding hydrogens is 364 g/mol. The molecule has 6 atom stereocenters. The highest BCUT2D eigenvalue weighted by Crippen LogP contribution is 2.51. The largest absolute Gasteiger partial charge is 0.481 e. The van der Waals surface area contributed by atoms with Crippen LogP contribution in [-0.4, -0.2) is 23.7 Å². The lowest BCUT2D eigenvalue weighted by Crippen LogP contribution is -2.44. The van der Waals surface area contributed by atoms with E-state index in [1.165, 1.54) is 38.5 Å². The molecule has 1 N–H and O–H groups in total. The Morgan fingerprint density at radius 1 is 1.03 bits per heavy atom. The number of carboxylic acid groups (broad SMARTS) is 1. The second-order valence-electron chi connectivity index (χ2n) is 10.4. The zero-order valence-corrected chi connectivity index (χ0v) is 19.4. The Kier molecular flexibility index (Phi) is 9.03. The van der Waals surface area contributed by atoms with Gasteiger partial charge in [-0.25, -0.2) is 0 Å². The van der Waals surface area contributed by atoms with Gasteiger partial charge in [0, 0.05) is 0 Å². The second kappa shape index (κ2) is 10.8. The van der Waals surface area contributed by atoms with Crippen LogP contribution in [0.1, 0.15) is 98.8 Å². The van der Waals surface area contributed by atoms with Gasteiger partial charge in [0.2, 0.25) is 0 Å². The molecule has 168 valence electrons. The average Bonchev–Trinajstić information content (AvgIpc) is 2.66. The molecule has 0 aromatic rings. The number of hydrogen-bond donors (Lipinski definition) is 1. The van der Waals surface area contributed by atoms with Gasteiger partial charge in [0.15, 0.2) is 0 Å². The topological polar surface area (TPSA) is 63.6 Å². The van der Waals surface area contributed by atoms with Crippen LogP contribution in [0.25, 0.3) is 0 Å². The zero-order chi connectivity index (χ0) is 21.6. The van der Waals surface area contributed by atoms with Crippen molar-refractivity contribution in [3.63, 3.8) is 0 Å². The lowest BCUT2D eigenvalue weighted by molar-refractivity contribution is -0.164. The predicted octanol–water partition coefficient (Wildman–Crippen LogP) is 6.33. The summed E-state index contributed by atoms with van der Waals surface area (Å²) in [7, 11) is 0. The van der Waals surface area contributed by atoms with Gasteiger partial charge < -0.3 is 9.84 Å². The second-order valence-corrected chi connectivity index (χ2v) is 10.4. The average molecular weight is 409 g/mol. The first kappa shape index (κ1) is 24.2. The maximum absolute atomic E-state index is 12.9. The van der Waals surface area contributed by atoms with Crippen molar-refractivity contribution >= 4 is 11.9 Å². The van der Waals surface area contributed by atoms with Gasteiger partial charge >= 0.3 is 11.9 Å². The van der Waals surface area contributed by atoms with E-state index in [9.17, 15) is 14.7 Å². The van der Waals surface area contributed by atoms with E-state index < -0.39 is 17.8 Å². The number of carbonyl (C=O) groups is 2. The lowest BCUT2D eigenvalue weighted by atomic mass is 9.56. The molecule has 0 aliphatic heterocycles. The van der Waals surface area contributed by atoms with E-state index >= 15 is 0 Å². The molecule has 4 nitrogen and oxygen atoms in total. The smallest absolute Gasteiger partial charge is 0.309 e. The number of ether oxygens (including phenoxy) is 1. The number of esters is 1. The van der Waals surface area contributed by atoms with Crippen molar-refractivity contribution in [2.45, 2.75) is 98.8 Å². The third-order valence-electron chi connectivity index (χ3n) is 8.22. The Bertz CT molecular complexity index is 541. The maximum atomic E-state index is 12.9. The van der Waals surface area contributed by atoms with Gasteiger partial charge in [0.05, 0.1) is 18.4 Å². The Hall–Kier alpha value is -1.06. The molecule has 29 heavy (non-hydrogen) atoms. The summed E-state index contributed by atoms with van der Waals surface area (Å²) in [6.07, 6.45) is 10.9. The zero-order valence-electron chi connectivity index (χ0n) is 19.4. The fourth-order valence-corrected chi connectivity index (χ4v) is 6.39. The first-order chi connectivity index (χ1) is 13.7. The van der Waals surface area contributed by atoms with E-state index in [4.69, 9.17) is 4.74 Å². The van der Waals surface area contributed by atoms with Crippen molar-refractivity contribution in [2.24, 2.45) is 40.9 Å². The minimum Gasteiger partial charge on any atom is -0.481 e. The van der Waals surface area contributed by atoms with Gasteiger partial charge in [0.1, 0.15) is 0 Å². The molecule has 0 saturated heterocycles. The van der Waals surface area contributed by atoms with E-state index in [-0.39, 0.29) is 17.3 Å². The molecule has 6 unspecified atom stereocenters. The highest BCUT2D eigenvalue weighted by Gasteiger charge is 2.45. The number of carboxylic acids is 1. The Labute approximate surface area is 178 Å². The predicted molar refractivity (Wildman–Crippen MR) is 117 cm³/mol. The number of aliphatic carboxylic acids is 1. The van der Waals surface area contributed by atoms with Gasteiger partial charge in [-0.15, -0.1) is 0 Å². The van der Waals surface area contributed by atoms with Crippen LogP contribution in [0.15, 0.2) is 0 Å². The quantitative estimate of drug-likeness (QED) is 0.453. The van der Waals surface area contributed by atoms with Crippen LogP contribution in [0.2, 0.25) is 0 Å². The Morgan fingerprint density at radius 2 is 1.76 bits per heavy atom. The summed E-state index contributed by atoms with van der Waals surface area (Å²) in [5.41, 5.74) is 0.267. The molecule has 0 spiro atoms. The van der Waals surface area contributed by atoms with E-state index in [1.54, 1.807) is 0 Å². The Morgan fingerprint density at radius 3 is 2.38 bits per heavy atom. The first-order valence-corrected chi connectivity index (χ1v) is 12.1. The van der Waals surface area contributed by atoms with Crippen molar-refractivity contribution in [1.29, 1.82) is 0 Å². The van der Waals surface area contributed by atoms with Crippen LogP contribution in [0.3, 0.4) is 0 Å². The highest BCUT2D eigenvalue weighted by atomic mass is 16.5. The van der Waals surface area contributed by atoms with Crippen LogP contribution < -0.4 is 0 Å². The van der Waals surface area contributed by atoms with Crippen LogP contribution in [0.4, 0.5) is 0 Å². The summed E-state index contributed by atoms with van der Waals surface area (Å²) in [6, 6.07) is 0. The highest BCUT2D eigenvalue weighted by molar-refractivity contribution is 5.81. The van der Waals surface area contributed by atoms with E-state index in [1.807, 2.05) is 6.92 Å². The summed E-state index contributed by atoms with van der Waals surface area (Å²) in [4.78, 5) is 24.6. The van der Waals surface area contributed by atoms with E-state index in [2.05, 4.69) is 27.7 Å². The molecule has 2 rings (SSSR count). The number of carbonyl (C=O) groups excluding carboxylic acids is 1. The van der Waals surface area contributed by atoms with Gasteiger partial charge in [-0.2, -0.15) is 0 Å². The number of rotatable bonds is 9. The molecule has 4 heteroatoms. The third kappa shape index (κ3) is 5.76. The number of hydrogen-bond acceptors (Lipinski definition) is 3. The minimum absolute atomic E-state index is 0.0412. The maximum Gasteiger partial charge on any atom is 0.309 e. The number of unbranched alkanes of at least 4 members (excludes halogenated alkanes) is 1. The van der Waals surface area contributed by atoms with Crippen molar-refractivity contribution in [1.82, 2.24) is 0 Å². The fraction of sp³-hybridized carbons (Fsp3) is 0.920. The molecule has 2 aliphatic rings. The first-order valence-electron chi connectivity index (χ1n) is 12.1. The molecular formula is C25H44O4. The van der Waals surface area contributed by atoms with Crippen LogP contribution in [0.5, 0.6) is 0 Å². The van der Waals surface area contributed by atoms with Gasteiger partial charge in [-0.05, 0) is 61.2 Å². The van der Waals surface area contributed by atoms with E-state index in [0.717, 1.165) is 25.2 Å². The van der Waals surface area contributed by atoms with Gasteiger partial charge in [-0.3, -0.25) is 9.59 Å². The van der Waals surface area contributed by atoms with Crippen molar-refractivity contribution in [3.8, 4) is 0 Å². The SMILES string of the molecule is CCCCC1C(COC(=O)C2CCCC(C)C2C(=O)O)CCC(CCC)C1(C)C. The molecule has 0 aromatic carbocycles. The van der Waals surface area contributed by atoms with Crippen molar-refractivity contribution in [3.05, 3.63) is 0 Å². The Balaban J connectivity index is 2.04. The fourth-order valence-electron chi connectivity index (χ4n) is 6.39. The molecule has 0 bridgehead atoms. The molecule has 2 aliphatic carbocycles. The van der Waals surface area contributed by atoms with Crippen molar-refractivity contribution in [2.75, 3.05) is 6.61 Å². The van der Waals surface area contributed by atoms with Crippen LogP contribution >= 0.6 is 0 Å². The molecule has 2 fully saturated rings. The summed E-state index contributed by atoms with van der Waals surface area (Å²) in [5.74, 6) is -0.429. The minimum atomic E-state index is -0.846.